The zero-order chi connectivity index (χ0) is 11.0. The van der Waals surface area contributed by atoms with Crippen LogP contribution < -0.4 is 0 Å². The third-order valence-electron chi connectivity index (χ3n) is 1.27. The van der Waals surface area contributed by atoms with E-state index in [1.807, 2.05) is 13.0 Å². The fraction of sp³-hybridized carbons (Fsp3) is 0.444. The minimum Gasteiger partial charge on any atom is -0.495 e. The summed E-state index contributed by atoms with van der Waals surface area (Å²) in [5.41, 5.74) is 0.490. The molecule has 0 atom stereocenters. The summed E-state index contributed by atoms with van der Waals surface area (Å²) in [5, 5.41) is 0. The summed E-state index contributed by atoms with van der Waals surface area (Å²) >= 11 is 6.70. The van der Waals surface area contributed by atoms with E-state index >= 15 is 0 Å². The lowest BCUT2D eigenvalue weighted by atomic mass is 10.3. The Labute approximate surface area is 94.0 Å². The number of allylic oxidation sites excluding steroid dienone is 1. The Hall–Kier alpha value is -0.450. The van der Waals surface area contributed by atoms with Crippen molar-refractivity contribution in [2.45, 2.75) is 13.3 Å². The molecule has 0 rings (SSSR count). The smallest absolute Gasteiger partial charge is 0.190 e. The average molecular weight is 236 g/mol. The molecule has 3 nitrogen and oxygen atoms in total. The highest BCUT2D eigenvalue weighted by Gasteiger charge is 2.02. The van der Waals surface area contributed by atoms with Crippen LogP contribution in [-0.2, 0) is 8.92 Å². The standard InChI is InChI=1S/C9H14ClNO2S/c1-5-6-8(12-3)7(2)11-9(10)14-13-4/h6H,2,5H2,1,3-4H3/b8-6+,11-9-. The Morgan fingerprint density at radius 1 is 1.57 bits per heavy atom. The van der Waals surface area contributed by atoms with Crippen molar-refractivity contribution < 1.29 is 8.92 Å². The molecule has 80 valence electrons. The third-order valence-corrected chi connectivity index (χ3v) is 1.94. The molecule has 0 aliphatic heterocycles. The van der Waals surface area contributed by atoms with Crippen LogP contribution in [0.5, 0.6) is 0 Å². The first-order valence-corrected chi connectivity index (χ1v) is 5.15. The van der Waals surface area contributed by atoms with Crippen molar-refractivity contribution in [3.8, 4) is 0 Å². The van der Waals surface area contributed by atoms with Crippen molar-refractivity contribution in [1.29, 1.82) is 0 Å². The molecule has 0 aromatic heterocycles. The van der Waals surface area contributed by atoms with Gasteiger partial charge in [-0.05, 0) is 12.5 Å². The Balaban J connectivity index is 4.45. The molecular formula is C9H14ClNO2S. The second-order valence-electron chi connectivity index (χ2n) is 2.24. The van der Waals surface area contributed by atoms with Gasteiger partial charge in [-0.15, -0.1) is 0 Å². The largest absolute Gasteiger partial charge is 0.495 e. The molecule has 0 aliphatic rings. The summed E-state index contributed by atoms with van der Waals surface area (Å²) in [6, 6.07) is 0. The van der Waals surface area contributed by atoms with E-state index in [0.717, 1.165) is 18.5 Å². The summed E-state index contributed by atoms with van der Waals surface area (Å²) in [5.74, 6) is 0.627. The molecule has 0 N–H and O–H groups in total. The molecule has 14 heavy (non-hydrogen) atoms. The van der Waals surface area contributed by atoms with Gasteiger partial charge in [-0.3, -0.25) is 0 Å². The summed E-state index contributed by atoms with van der Waals surface area (Å²) < 4.78 is 10.1. The van der Waals surface area contributed by atoms with Crippen LogP contribution in [0, 0.1) is 0 Å². The van der Waals surface area contributed by atoms with Crippen LogP contribution in [0.3, 0.4) is 0 Å². The van der Waals surface area contributed by atoms with Gasteiger partial charge in [0.2, 0.25) is 0 Å². The predicted octanol–water partition coefficient (Wildman–Crippen LogP) is 3.33. The lowest BCUT2D eigenvalue weighted by Crippen LogP contribution is -1.91. The van der Waals surface area contributed by atoms with Crippen molar-refractivity contribution in [3.63, 3.8) is 0 Å². The number of hydrogen-bond acceptors (Lipinski definition) is 4. The van der Waals surface area contributed by atoms with Gasteiger partial charge in [0.25, 0.3) is 0 Å². The van der Waals surface area contributed by atoms with Gasteiger partial charge in [0, 0.05) is 0 Å². The third kappa shape index (κ3) is 5.32. The fourth-order valence-electron chi connectivity index (χ4n) is 0.753. The molecular weight excluding hydrogens is 222 g/mol. The summed E-state index contributed by atoms with van der Waals surface area (Å²) in [7, 11) is 3.09. The van der Waals surface area contributed by atoms with Crippen molar-refractivity contribution in [1.82, 2.24) is 0 Å². The first-order chi connectivity index (χ1) is 6.65. The topological polar surface area (TPSA) is 30.8 Å². The Bertz CT molecular complexity index is 251. The minimum absolute atomic E-state index is 0.275. The van der Waals surface area contributed by atoms with E-state index in [4.69, 9.17) is 20.5 Å². The highest BCUT2D eigenvalue weighted by molar-refractivity contribution is 8.12. The van der Waals surface area contributed by atoms with E-state index in [1.54, 1.807) is 7.11 Å². The van der Waals surface area contributed by atoms with Crippen molar-refractivity contribution in [2.75, 3.05) is 14.2 Å². The van der Waals surface area contributed by atoms with E-state index in [-0.39, 0.29) is 4.50 Å². The SMILES string of the molecule is C=C(/N=C(/Cl)SOC)/C(=C\CC)OC. The summed E-state index contributed by atoms with van der Waals surface area (Å²) in [4.78, 5) is 3.99. The maximum Gasteiger partial charge on any atom is 0.190 e. The number of halogens is 1. The summed E-state index contributed by atoms with van der Waals surface area (Å²) in [6.07, 6.45) is 2.74. The molecule has 0 aromatic rings. The van der Waals surface area contributed by atoms with Crippen LogP contribution in [0.4, 0.5) is 0 Å². The monoisotopic (exact) mass is 235 g/mol. The zero-order valence-electron chi connectivity index (χ0n) is 8.54. The van der Waals surface area contributed by atoms with Gasteiger partial charge in [-0.1, -0.05) is 25.1 Å². The lowest BCUT2D eigenvalue weighted by molar-refractivity contribution is 0.299. The molecule has 0 aromatic carbocycles. The number of aliphatic imine (C=N–C) groups is 1. The molecule has 0 spiro atoms. The number of hydrogen-bond donors (Lipinski definition) is 0. The van der Waals surface area contributed by atoms with Crippen molar-refractivity contribution in [3.05, 3.63) is 24.1 Å². The zero-order valence-corrected chi connectivity index (χ0v) is 10.1. The van der Waals surface area contributed by atoms with E-state index in [9.17, 15) is 0 Å². The second kappa shape index (κ2) is 7.91. The molecule has 0 radical (unpaired) electrons. The van der Waals surface area contributed by atoms with Crippen LogP contribution in [0.25, 0.3) is 0 Å². The van der Waals surface area contributed by atoms with Gasteiger partial charge >= 0.3 is 0 Å². The molecule has 0 amide bonds. The van der Waals surface area contributed by atoms with Gasteiger partial charge in [0.1, 0.15) is 5.76 Å². The molecule has 5 heteroatoms. The maximum atomic E-state index is 5.72. The van der Waals surface area contributed by atoms with Crippen LogP contribution in [-0.4, -0.2) is 18.7 Å². The van der Waals surface area contributed by atoms with Gasteiger partial charge < -0.3 is 8.92 Å². The highest BCUT2D eigenvalue weighted by Crippen LogP contribution is 2.16. The van der Waals surface area contributed by atoms with Gasteiger partial charge in [-0.25, -0.2) is 4.99 Å². The first kappa shape index (κ1) is 13.5. The van der Waals surface area contributed by atoms with Gasteiger partial charge in [0.15, 0.2) is 4.50 Å². The molecule has 0 aliphatic carbocycles. The fourth-order valence-corrected chi connectivity index (χ4v) is 1.33. The molecule has 0 unspecified atom stereocenters. The number of ether oxygens (including phenoxy) is 1. The van der Waals surface area contributed by atoms with Gasteiger partial charge in [0.05, 0.1) is 32.0 Å². The van der Waals surface area contributed by atoms with Crippen LogP contribution >= 0.6 is 23.6 Å². The predicted molar refractivity (Wildman–Crippen MR) is 62.4 cm³/mol. The number of methoxy groups -OCH3 is 1. The van der Waals surface area contributed by atoms with Crippen molar-refractivity contribution >= 4 is 28.1 Å². The first-order valence-electron chi connectivity index (χ1n) is 4.04. The van der Waals surface area contributed by atoms with E-state index < -0.39 is 0 Å². The lowest BCUT2D eigenvalue weighted by Gasteiger charge is -2.04. The van der Waals surface area contributed by atoms with Crippen LogP contribution in [0.15, 0.2) is 29.1 Å². The number of rotatable bonds is 5. The highest BCUT2D eigenvalue weighted by atomic mass is 35.5. The Morgan fingerprint density at radius 3 is 2.64 bits per heavy atom. The normalized spacial score (nSPS) is 12.9. The quantitative estimate of drug-likeness (QED) is 0.241. The Morgan fingerprint density at radius 2 is 2.21 bits per heavy atom. The minimum atomic E-state index is 0.275. The summed E-state index contributed by atoms with van der Waals surface area (Å²) in [6.45, 7) is 5.73. The average Bonchev–Trinajstić information content (AvgIpc) is 2.14. The van der Waals surface area contributed by atoms with E-state index in [2.05, 4.69) is 11.6 Å². The van der Waals surface area contributed by atoms with Gasteiger partial charge in [-0.2, -0.15) is 0 Å². The van der Waals surface area contributed by atoms with Crippen LogP contribution in [0.2, 0.25) is 0 Å². The Kier molecular flexibility index (Phi) is 7.65. The van der Waals surface area contributed by atoms with Crippen LogP contribution in [0.1, 0.15) is 13.3 Å². The molecule has 0 heterocycles. The van der Waals surface area contributed by atoms with Crippen molar-refractivity contribution in [2.24, 2.45) is 4.99 Å². The molecule has 0 bridgehead atoms. The van der Waals surface area contributed by atoms with E-state index in [0.29, 0.717) is 11.5 Å². The molecule has 0 saturated heterocycles. The number of nitrogens with zero attached hydrogens (tertiary/aromatic N) is 1. The van der Waals surface area contributed by atoms with E-state index in [1.165, 1.54) is 7.11 Å². The molecule has 0 saturated carbocycles. The second-order valence-corrected chi connectivity index (χ2v) is 3.71. The molecule has 0 fully saturated rings. The maximum absolute atomic E-state index is 5.72.